The molecule has 4 rings (SSSR count). The molecule has 7 heteroatoms. The zero-order chi connectivity index (χ0) is 17.2. The molecule has 1 aliphatic rings. The first-order valence-corrected chi connectivity index (χ1v) is 8.53. The molecule has 0 bridgehead atoms. The van der Waals surface area contributed by atoms with Gasteiger partial charge in [0.25, 0.3) is 0 Å². The van der Waals surface area contributed by atoms with Crippen LogP contribution in [0.2, 0.25) is 0 Å². The number of methoxy groups -OCH3 is 1. The highest BCUT2D eigenvalue weighted by Crippen LogP contribution is 2.29. The van der Waals surface area contributed by atoms with Crippen LogP contribution in [0.4, 0.5) is 0 Å². The number of fused-ring (bicyclic) bond motifs is 1. The molecular formula is C18H21N5O2. The number of amides is 1. The molecule has 1 aliphatic heterocycles. The number of likely N-dealkylation sites (tertiary alicyclic amines) is 1. The number of rotatable bonds is 5. The van der Waals surface area contributed by atoms with Gasteiger partial charge in [0.15, 0.2) is 0 Å². The first kappa shape index (κ1) is 15.7. The second kappa shape index (κ2) is 6.58. The maximum absolute atomic E-state index is 12.9. The molecule has 25 heavy (non-hydrogen) atoms. The molecule has 0 spiro atoms. The highest BCUT2D eigenvalue weighted by molar-refractivity contribution is 5.93. The third-order valence-corrected chi connectivity index (χ3v) is 4.88. The lowest BCUT2D eigenvalue weighted by Crippen LogP contribution is -2.39. The Balaban J connectivity index is 1.53. The maximum atomic E-state index is 12.9. The highest BCUT2D eigenvalue weighted by Gasteiger charge is 2.29. The van der Waals surface area contributed by atoms with E-state index in [0.29, 0.717) is 13.0 Å². The first-order valence-electron chi connectivity index (χ1n) is 8.53. The molecule has 1 N–H and O–H groups in total. The number of benzene rings is 1. The van der Waals surface area contributed by atoms with E-state index in [1.54, 1.807) is 18.0 Å². The van der Waals surface area contributed by atoms with Gasteiger partial charge in [0.05, 0.1) is 32.3 Å². The van der Waals surface area contributed by atoms with E-state index < -0.39 is 0 Å². The second-order valence-corrected chi connectivity index (χ2v) is 6.38. The molecule has 130 valence electrons. The number of aromatic nitrogens is 4. The highest BCUT2D eigenvalue weighted by atomic mass is 16.5. The first-order chi connectivity index (χ1) is 12.3. The van der Waals surface area contributed by atoms with Crippen LogP contribution in [0.25, 0.3) is 10.9 Å². The van der Waals surface area contributed by atoms with Crippen LogP contribution in [0.3, 0.4) is 0 Å². The normalized spacial score (nSPS) is 17.3. The Labute approximate surface area is 145 Å². The SMILES string of the molecule is COc1cccc2[nH]cc(CC(=O)N3CCC[C@H]3Cn3ccnn3)c12. The molecule has 7 nitrogen and oxygen atoms in total. The summed E-state index contributed by atoms with van der Waals surface area (Å²) in [6.07, 6.45) is 7.82. The van der Waals surface area contributed by atoms with Gasteiger partial charge in [-0.15, -0.1) is 5.10 Å². The van der Waals surface area contributed by atoms with Crippen molar-refractivity contribution in [2.24, 2.45) is 0 Å². The van der Waals surface area contributed by atoms with Crippen LogP contribution in [0.15, 0.2) is 36.8 Å². The van der Waals surface area contributed by atoms with Crippen LogP contribution in [0.5, 0.6) is 5.75 Å². The molecule has 1 saturated heterocycles. The fourth-order valence-corrected chi connectivity index (χ4v) is 3.69. The Bertz CT molecular complexity index is 871. The molecule has 3 aromatic rings. The van der Waals surface area contributed by atoms with Crippen LogP contribution >= 0.6 is 0 Å². The lowest BCUT2D eigenvalue weighted by Gasteiger charge is -2.24. The van der Waals surface area contributed by atoms with E-state index in [4.69, 9.17) is 4.74 Å². The quantitative estimate of drug-likeness (QED) is 0.771. The van der Waals surface area contributed by atoms with Crippen LogP contribution in [-0.2, 0) is 17.8 Å². The van der Waals surface area contributed by atoms with Gasteiger partial charge < -0.3 is 14.6 Å². The molecular weight excluding hydrogens is 318 g/mol. The summed E-state index contributed by atoms with van der Waals surface area (Å²) in [5.41, 5.74) is 1.96. The fourth-order valence-electron chi connectivity index (χ4n) is 3.69. The standard InChI is InChI=1S/C18H21N5O2/c1-25-16-6-2-5-15-18(16)13(11-19-15)10-17(24)23-8-3-4-14(23)12-22-9-7-20-21-22/h2,5-7,9,11,14,19H,3-4,8,10,12H2,1H3/t14-/m0/s1. The van der Waals surface area contributed by atoms with Crippen molar-refractivity contribution < 1.29 is 9.53 Å². The van der Waals surface area contributed by atoms with Crippen LogP contribution in [-0.4, -0.2) is 50.5 Å². The second-order valence-electron chi connectivity index (χ2n) is 6.38. The zero-order valence-electron chi connectivity index (χ0n) is 14.2. The molecule has 0 aliphatic carbocycles. The Morgan fingerprint density at radius 1 is 1.44 bits per heavy atom. The Morgan fingerprint density at radius 3 is 3.16 bits per heavy atom. The summed E-state index contributed by atoms with van der Waals surface area (Å²) in [6.45, 7) is 1.50. The van der Waals surface area contributed by atoms with Gasteiger partial charge in [0.2, 0.25) is 5.91 Å². The van der Waals surface area contributed by atoms with E-state index in [0.717, 1.165) is 41.6 Å². The van der Waals surface area contributed by atoms with Crippen molar-refractivity contribution in [2.75, 3.05) is 13.7 Å². The minimum Gasteiger partial charge on any atom is -0.496 e. The number of carbonyl (C=O) groups is 1. The topological polar surface area (TPSA) is 76.0 Å². The fraction of sp³-hybridized carbons (Fsp3) is 0.389. The van der Waals surface area contributed by atoms with Crippen molar-refractivity contribution in [3.63, 3.8) is 0 Å². The van der Waals surface area contributed by atoms with Gasteiger partial charge in [-0.1, -0.05) is 11.3 Å². The van der Waals surface area contributed by atoms with E-state index in [9.17, 15) is 4.79 Å². The number of nitrogens with one attached hydrogen (secondary N) is 1. The van der Waals surface area contributed by atoms with E-state index in [1.807, 2.05) is 35.5 Å². The van der Waals surface area contributed by atoms with E-state index in [1.165, 1.54) is 0 Å². The predicted molar refractivity (Wildman–Crippen MR) is 93.3 cm³/mol. The van der Waals surface area contributed by atoms with E-state index >= 15 is 0 Å². The molecule has 0 radical (unpaired) electrons. The Hall–Kier alpha value is -2.83. The minimum absolute atomic E-state index is 0.148. The maximum Gasteiger partial charge on any atom is 0.227 e. The van der Waals surface area contributed by atoms with Crippen LogP contribution < -0.4 is 4.74 Å². The Morgan fingerprint density at radius 2 is 2.36 bits per heavy atom. The molecule has 1 atom stereocenters. The monoisotopic (exact) mass is 339 g/mol. The minimum atomic E-state index is 0.148. The van der Waals surface area contributed by atoms with Gasteiger partial charge in [-0.3, -0.25) is 9.48 Å². The summed E-state index contributed by atoms with van der Waals surface area (Å²) >= 11 is 0. The third-order valence-electron chi connectivity index (χ3n) is 4.88. The molecule has 1 amide bonds. The van der Waals surface area contributed by atoms with E-state index in [-0.39, 0.29) is 11.9 Å². The number of hydrogen-bond acceptors (Lipinski definition) is 4. The van der Waals surface area contributed by atoms with Gasteiger partial charge >= 0.3 is 0 Å². The smallest absolute Gasteiger partial charge is 0.227 e. The van der Waals surface area contributed by atoms with Gasteiger partial charge in [0.1, 0.15) is 5.75 Å². The lowest BCUT2D eigenvalue weighted by atomic mass is 10.1. The van der Waals surface area contributed by atoms with Crippen molar-refractivity contribution in [3.8, 4) is 5.75 Å². The molecule has 0 unspecified atom stereocenters. The number of aromatic amines is 1. The largest absolute Gasteiger partial charge is 0.496 e. The zero-order valence-corrected chi connectivity index (χ0v) is 14.2. The van der Waals surface area contributed by atoms with Gasteiger partial charge in [-0.2, -0.15) is 0 Å². The number of H-pyrrole nitrogens is 1. The average Bonchev–Trinajstić information content (AvgIpc) is 3.36. The number of carbonyl (C=O) groups excluding carboxylic acids is 1. The molecule has 1 fully saturated rings. The summed E-state index contributed by atoms with van der Waals surface area (Å²) in [7, 11) is 1.65. The van der Waals surface area contributed by atoms with E-state index in [2.05, 4.69) is 15.3 Å². The average molecular weight is 339 g/mol. The van der Waals surface area contributed by atoms with Gasteiger partial charge in [-0.25, -0.2) is 0 Å². The lowest BCUT2D eigenvalue weighted by molar-refractivity contribution is -0.131. The van der Waals surface area contributed by atoms with Crippen LogP contribution in [0.1, 0.15) is 18.4 Å². The summed E-state index contributed by atoms with van der Waals surface area (Å²) in [5.74, 6) is 0.941. The number of nitrogens with zero attached hydrogens (tertiary/aromatic N) is 4. The van der Waals surface area contributed by atoms with Crippen molar-refractivity contribution in [1.82, 2.24) is 24.9 Å². The van der Waals surface area contributed by atoms with Crippen molar-refractivity contribution in [1.29, 1.82) is 0 Å². The number of ether oxygens (including phenoxy) is 1. The molecule has 3 heterocycles. The Kier molecular flexibility index (Phi) is 4.13. The molecule has 1 aromatic carbocycles. The third kappa shape index (κ3) is 2.97. The van der Waals surface area contributed by atoms with Crippen molar-refractivity contribution >= 4 is 16.8 Å². The summed E-state index contributed by atoms with van der Waals surface area (Å²) < 4.78 is 7.26. The van der Waals surface area contributed by atoms with Gasteiger partial charge in [-0.05, 0) is 30.5 Å². The van der Waals surface area contributed by atoms with Crippen molar-refractivity contribution in [2.45, 2.75) is 31.8 Å². The van der Waals surface area contributed by atoms with Gasteiger partial charge in [0, 0.05) is 29.8 Å². The predicted octanol–water partition coefficient (Wildman–Crippen LogP) is 2.00. The summed E-state index contributed by atoms with van der Waals surface area (Å²) in [5, 5.41) is 8.85. The molecule has 2 aromatic heterocycles. The summed E-state index contributed by atoms with van der Waals surface area (Å²) in [4.78, 5) is 18.1. The summed E-state index contributed by atoms with van der Waals surface area (Å²) in [6, 6.07) is 6.04. The van der Waals surface area contributed by atoms with Crippen LogP contribution in [0, 0.1) is 0 Å². The van der Waals surface area contributed by atoms with Crippen molar-refractivity contribution in [3.05, 3.63) is 42.4 Å². The number of hydrogen-bond donors (Lipinski definition) is 1. The molecule has 0 saturated carbocycles.